The van der Waals surface area contributed by atoms with Crippen molar-refractivity contribution < 1.29 is 17.9 Å². The zero-order valence-corrected chi connectivity index (χ0v) is 16.5. The van der Waals surface area contributed by atoms with E-state index in [1.165, 1.54) is 13.2 Å². The Hall–Kier alpha value is -2.65. The number of esters is 1. The number of anilines is 1. The van der Waals surface area contributed by atoms with Crippen LogP contribution in [0.5, 0.6) is 0 Å². The van der Waals surface area contributed by atoms with E-state index in [1.807, 2.05) is 10.7 Å². The summed E-state index contributed by atoms with van der Waals surface area (Å²) in [6.07, 6.45) is 2.63. The van der Waals surface area contributed by atoms with Crippen LogP contribution in [0, 0.1) is 0 Å². The predicted octanol–water partition coefficient (Wildman–Crippen LogP) is 3.61. The lowest BCUT2D eigenvalue weighted by Crippen LogP contribution is -2.12. The van der Waals surface area contributed by atoms with Crippen LogP contribution in [-0.4, -0.2) is 31.3 Å². The number of thiophene rings is 1. The Morgan fingerprint density at radius 2 is 2.11 bits per heavy atom. The minimum atomic E-state index is -3.77. The molecule has 0 saturated heterocycles. The Morgan fingerprint density at radius 1 is 1.30 bits per heavy atom. The molecule has 2 heterocycles. The van der Waals surface area contributed by atoms with Crippen molar-refractivity contribution in [2.24, 2.45) is 0 Å². The molecule has 9 heteroatoms. The van der Waals surface area contributed by atoms with Gasteiger partial charge in [-0.2, -0.15) is 5.10 Å². The summed E-state index contributed by atoms with van der Waals surface area (Å²) in [5, 5.41) is 6.06. The first-order valence-electron chi connectivity index (χ1n) is 8.26. The fraction of sp³-hybridized carbons (Fsp3) is 0.222. The zero-order valence-electron chi connectivity index (χ0n) is 14.9. The van der Waals surface area contributed by atoms with Crippen LogP contribution < -0.4 is 4.72 Å². The standard InChI is InChI=1S/C18H19N3O4S2/c1-3-9-21-16(7-8-19-21)14-11-17(26-12-14)27(23,24)20-15-6-4-5-13(10-15)18(22)25-2/h4-8,10-12,20H,3,9H2,1-2H3. The fourth-order valence-corrected chi connectivity index (χ4v) is 4.82. The second kappa shape index (κ2) is 7.93. The summed E-state index contributed by atoms with van der Waals surface area (Å²) >= 11 is 1.13. The van der Waals surface area contributed by atoms with Crippen molar-refractivity contribution in [3.63, 3.8) is 0 Å². The van der Waals surface area contributed by atoms with Gasteiger partial charge in [0.15, 0.2) is 0 Å². The van der Waals surface area contributed by atoms with E-state index in [4.69, 9.17) is 0 Å². The molecule has 0 bridgehead atoms. The van der Waals surface area contributed by atoms with Crippen LogP contribution in [0.15, 0.2) is 52.2 Å². The largest absolute Gasteiger partial charge is 0.465 e. The van der Waals surface area contributed by atoms with Gasteiger partial charge in [0.05, 0.1) is 18.4 Å². The van der Waals surface area contributed by atoms with Gasteiger partial charge in [-0.25, -0.2) is 13.2 Å². The Bertz CT molecular complexity index is 1050. The molecule has 0 radical (unpaired) electrons. The highest BCUT2D eigenvalue weighted by Gasteiger charge is 2.19. The molecule has 27 heavy (non-hydrogen) atoms. The highest BCUT2D eigenvalue weighted by Crippen LogP contribution is 2.30. The zero-order chi connectivity index (χ0) is 19.4. The minimum absolute atomic E-state index is 0.185. The lowest BCUT2D eigenvalue weighted by Gasteiger charge is -2.07. The lowest BCUT2D eigenvalue weighted by molar-refractivity contribution is 0.0601. The Kier molecular flexibility index (Phi) is 5.62. The second-order valence-corrected chi connectivity index (χ2v) is 8.59. The molecule has 0 aliphatic carbocycles. The monoisotopic (exact) mass is 405 g/mol. The quantitative estimate of drug-likeness (QED) is 0.607. The van der Waals surface area contributed by atoms with Crippen molar-refractivity contribution in [2.45, 2.75) is 24.1 Å². The average Bonchev–Trinajstić information content (AvgIpc) is 3.30. The van der Waals surface area contributed by atoms with E-state index in [2.05, 4.69) is 21.5 Å². The molecular weight excluding hydrogens is 386 g/mol. The van der Waals surface area contributed by atoms with Crippen LogP contribution in [0.2, 0.25) is 0 Å². The lowest BCUT2D eigenvalue weighted by atomic mass is 10.2. The summed E-state index contributed by atoms with van der Waals surface area (Å²) in [4.78, 5) is 11.6. The van der Waals surface area contributed by atoms with Crippen LogP contribution in [0.25, 0.3) is 11.3 Å². The number of aromatic nitrogens is 2. The van der Waals surface area contributed by atoms with Crippen molar-refractivity contribution in [1.82, 2.24) is 9.78 Å². The third-order valence-electron chi connectivity index (χ3n) is 3.82. The Labute approximate surface area is 161 Å². The number of methoxy groups -OCH3 is 1. The maximum atomic E-state index is 12.7. The number of sulfonamides is 1. The summed E-state index contributed by atoms with van der Waals surface area (Å²) in [7, 11) is -2.50. The summed E-state index contributed by atoms with van der Waals surface area (Å²) in [6.45, 7) is 2.82. The topological polar surface area (TPSA) is 90.3 Å². The van der Waals surface area contributed by atoms with E-state index in [0.717, 1.165) is 35.6 Å². The van der Waals surface area contributed by atoms with Gasteiger partial charge in [0.2, 0.25) is 0 Å². The van der Waals surface area contributed by atoms with Crippen molar-refractivity contribution in [3.05, 3.63) is 53.5 Å². The number of benzene rings is 1. The van der Waals surface area contributed by atoms with Crippen LogP contribution in [-0.2, 0) is 21.3 Å². The molecule has 0 spiro atoms. The Morgan fingerprint density at radius 3 is 2.85 bits per heavy atom. The predicted molar refractivity (Wildman–Crippen MR) is 104 cm³/mol. The molecule has 0 amide bonds. The van der Waals surface area contributed by atoms with Gasteiger partial charge in [0.1, 0.15) is 4.21 Å². The van der Waals surface area contributed by atoms with Gasteiger partial charge < -0.3 is 4.74 Å². The molecule has 142 valence electrons. The molecule has 1 aromatic carbocycles. The van der Waals surface area contributed by atoms with Gasteiger partial charge in [-0.15, -0.1) is 11.3 Å². The van der Waals surface area contributed by atoms with E-state index in [9.17, 15) is 13.2 Å². The third kappa shape index (κ3) is 4.20. The number of carbonyl (C=O) groups is 1. The molecule has 0 atom stereocenters. The van der Waals surface area contributed by atoms with Crippen molar-refractivity contribution >= 4 is 33.0 Å². The van der Waals surface area contributed by atoms with Crippen LogP contribution >= 0.6 is 11.3 Å². The van der Waals surface area contributed by atoms with E-state index in [1.54, 1.807) is 35.8 Å². The number of hydrogen-bond donors (Lipinski definition) is 1. The molecular formula is C18H19N3O4S2. The molecule has 2 aromatic heterocycles. The first kappa shape index (κ1) is 19.1. The van der Waals surface area contributed by atoms with Gasteiger partial charge in [-0.05, 0) is 36.8 Å². The molecule has 3 rings (SSSR count). The number of carbonyl (C=O) groups excluding carboxylic acids is 1. The molecule has 3 aromatic rings. The van der Waals surface area contributed by atoms with Crippen LogP contribution in [0.3, 0.4) is 0 Å². The number of ether oxygens (including phenoxy) is 1. The van der Waals surface area contributed by atoms with Crippen molar-refractivity contribution in [2.75, 3.05) is 11.8 Å². The van der Waals surface area contributed by atoms with E-state index in [0.29, 0.717) is 5.69 Å². The second-order valence-electron chi connectivity index (χ2n) is 5.77. The normalized spacial score (nSPS) is 11.3. The molecule has 0 saturated carbocycles. The molecule has 7 nitrogen and oxygen atoms in total. The number of hydrogen-bond acceptors (Lipinski definition) is 6. The maximum Gasteiger partial charge on any atom is 0.337 e. The van der Waals surface area contributed by atoms with Gasteiger partial charge in [-0.1, -0.05) is 13.0 Å². The van der Waals surface area contributed by atoms with Crippen LogP contribution in [0.4, 0.5) is 5.69 Å². The summed E-state index contributed by atoms with van der Waals surface area (Å²) in [6, 6.07) is 9.65. The molecule has 0 aliphatic heterocycles. The average molecular weight is 406 g/mol. The number of aryl methyl sites for hydroxylation is 1. The fourth-order valence-electron chi connectivity index (χ4n) is 2.59. The summed E-state index contributed by atoms with van der Waals surface area (Å²) < 4.78 is 34.6. The summed E-state index contributed by atoms with van der Waals surface area (Å²) in [5.41, 5.74) is 2.24. The maximum absolute atomic E-state index is 12.7. The number of nitrogens with one attached hydrogen (secondary N) is 1. The highest BCUT2D eigenvalue weighted by atomic mass is 32.2. The van der Waals surface area contributed by atoms with Gasteiger partial charge in [-0.3, -0.25) is 9.40 Å². The summed E-state index contributed by atoms with van der Waals surface area (Å²) in [5.74, 6) is -0.529. The number of rotatable bonds is 7. The highest BCUT2D eigenvalue weighted by molar-refractivity contribution is 7.94. The van der Waals surface area contributed by atoms with E-state index >= 15 is 0 Å². The van der Waals surface area contributed by atoms with Gasteiger partial charge in [0, 0.05) is 29.4 Å². The van der Waals surface area contributed by atoms with Crippen LogP contribution in [0.1, 0.15) is 23.7 Å². The first-order chi connectivity index (χ1) is 12.9. The molecule has 0 aliphatic rings. The van der Waals surface area contributed by atoms with Crippen molar-refractivity contribution in [3.8, 4) is 11.3 Å². The number of nitrogens with zero attached hydrogens (tertiary/aromatic N) is 2. The molecule has 0 fully saturated rings. The molecule has 0 unspecified atom stereocenters. The molecule has 1 N–H and O–H groups in total. The minimum Gasteiger partial charge on any atom is -0.465 e. The Balaban J connectivity index is 1.85. The van der Waals surface area contributed by atoms with E-state index in [-0.39, 0.29) is 9.77 Å². The first-order valence-corrected chi connectivity index (χ1v) is 10.6. The SMILES string of the molecule is CCCn1nccc1-c1csc(S(=O)(=O)Nc2cccc(C(=O)OC)c2)c1. The van der Waals surface area contributed by atoms with Gasteiger partial charge in [0.25, 0.3) is 10.0 Å². The third-order valence-corrected chi connectivity index (χ3v) is 6.64. The van der Waals surface area contributed by atoms with Crippen molar-refractivity contribution in [1.29, 1.82) is 0 Å². The van der Waals surface area contributed by atoms with E-state index < -0.39 is 16.0 Å². The van der Waals surface area contributed by atoms with Gasteiger partial charge >= 0.3 is 5.97 Å². The smallest absolute Gasteiger partial charge is 0.337 e.